The van der Waals surface area contributed by atoms with Crippen LogP contribution in [0.2, 0.25) is 0 Å². The summed E-state index contributed by atoms with van der Waals surface area (Å²) >= 11 is 0. The largest absolute Gasteiger partial charge is 0.458 e. The van der Waals surface area contributed by atoms with Crippen LogP contribution in [0.4, 0.5) is 0 Å². The van der Waals surface area contributed by atoms with Crippen molar-refractivity contribution in [2.24, 2.45) is 0 Å². The Kier molecular flexibility index (Phi) is 3.61. The lowest BCUT2D eigenvalue weighted by Crippen LogP contribution is -2.42. The van der Waals surface area contributed by atoms with Crippen LogP contribution in [0.5, 0.6) is 0 Å². The average molecular weight is 224 g/mol. The molecule has 2 heterocycles. The second kappa shape index (κ2) is 4.97. The lowest BCUT2D eigenvalue weighted by atomic mass is 10.0. The molecule has 0 amide bonds. The van der Waals surface area contributed by atoms with Crippen molar-refractivity contribution in [3.63, 3.8) is 0 Å². The first kappa shape index (κ1) is 11.6. The van der Waals surface area contributed by atoms with E-state index >= 15 is 0 Å². The second-order valence-electron chi connectivity index (χ2n) is 4.86. The standard InChI is InChI=1S/C12H20N2O2/c1-13-5-3-11(4-6-13)14(2)8-10-7-12(15)16-9-10/h7,11H,3-6,8-9H2,1-2H3. The van der Waals surface area contributed by atoms with Crippen LogP contribution in [-0.2, 0) is 9.53 Å². The summed E-state index contributed by atoms with van der Waals surface area (Å²) in [6.45, 7) is 3.68. The summed E-state index contributed by atoms with van der Waals surface area (Å²) in [7, 11) is 4.31. The maximum atomic E-state index is 10.9. The molecule has 0 saturated carbocycles. The molecule has 4 nitrogen and oxygen atoms in total. The Balaban J connectivity index is 1.81. The van der Waals surface area contributed by atoms with Crippen LogP contribution in [-0.4, -0.2) is 62.1 Å². The first-order valence-corrected chi connectivity index (χ1v) is 5.90. The van der Waals surface area contributed by atoms with Gasteiger partial charge in [-0.15, -0.1) is 0 Å². The van der Waals surface area contributed by atoms with E-state index in [9.17, 15) is 4.79 Å². The van der Waals surface area contributed by atoms with Crippen LogP contribution in [0, 0.1) is 0 Å². The number of likely N-dealkylation sites (tertiary alicyclic amines) is 1. The van der Waals surface area contributed by atoms with Gasteiger partial charge in [-0.3, -0.25) is 4.90 Å². The van der Waals surface area contributed by atoms with E-state index in [0.717, 1.165) is 12.1 Å². The van der Waals surface area contributed by atoms with Gasteiger partial charge >= 0.3 is 5.97 Å². The third kappa shape index (κ3) is 2.83. The summed E-state index contributed by atoms with van der Waals surface area (Å²) in [5, 5.41) is 0. The molecule has 0 radical (unpaired) electrons. The predicted octanol–water partition coefficient (Wildman–Crippen LogP) is 0.496. The van der Waals surface area contributed by atoms with E-state index in [1.807, 2.05) is 0 Å². The first-order chi connectivity index (χ1) is 7.65. The molecule has 0 aromatic rings. The molecule has 0 spiro atoms. The monoisotopic (exact) mass is 224 g/mol. The maximum absolute atomic E-state index is 10.9. The number of hydrogen-bond donors (Lipinski definition) is 0. The third-order valence-electron chi connectivity index (χ3n) is 3.49. The van der Waals surface area contributed by atoms with Crippen molar-refractivity contribution < 1.29 is 9.53 Å². The summed E-state index contributed by atoms with van der Waals surface area (Å²) in [4.78, 5) is 15.6. The summed E-state index contributed by atoms with van der Waals surface area (Å²) in [5.74, 6) is -0.188. The second-order valence-corrected chi connectivity index (χ2v) is 4.86. The van der Waals surface area contributed by atoms with Crippen molar-refractivity contribution in [2.75, 3.05) is 40.3 Å². The topological polar surface area (TPSA) is 32.8 Å². The Morgan fingerprint density at radius 2 is 2.19 bits per heavy atom. The fourth-order valence-electron chi connectivity index (χ4n) is 2.39. The van der Waals surface area contributed by atoms with Gasteiger partial charge in [0.15, 0.2) is 0 Å². The highest BCUT2D eigenvalue weighted by Gasteiger charge is 2.22. The molecule has 0 bridgehead atoms. The fraction of sp³-hybridized carbons (Fsp3) is 0.750. The van der Waals surface area contributed by atoms with Crippen molar-refractivity contribution in [3.05, 3.63) is 11.6 Å². The smallest absolute Gasteiger partial charge is 0.331 e. The van der Waals surface area contributed by atoms with Crippen LogP contribution >= 0.6 is 0 Å². The number of nitrogens with zero attached hydrogens (tertiary/aromatic N) is 2. The molecule has 0 aromatic carbocycles. The van der Waals surface area contributed by atoms with Crippen molar-refractivity contribution in [1.82, 2.24) is 9.80 Å². The van der Waals surface area contributed by atoms with E-state index in [1.54, 1.807) is 6.08 Å². The Morgan fingerprint density at radius 1 is 1.50 bits per heavy atom. The molecule has 0 atom stereocenters. The van der Waals surface area contributed by atoms with E-state index in [4.69, 9.17) is 4.74 Å². The summed E-state index contributed by atoms with van der Waals surface area (Å²) in [6, 6.07) is 0.646. The summed E-state index contributed by atoms with van der Waals surface area (Å²) in [6.07, 6.45) is 4.07. The van der Waals surface area contributed by atoms with Crippen molar-refractivity contribution in [2.45, 2.75) is 18.9 Å². The highest BCUT2D eigenvalue weighted by Crippen LogP contribution is 2.16. The van der Waals surface area contributed by atoms with E-state index in [2.05, 4.69) is 23.9 Å². The van der Waals surface area contributed by atoms with Crippen LogP contribution < -0.4 is 0 Å². The van der Waals surface area contributed by atoms with Crippen molar-refractivity contribution in [3.8, 4) is 0 Å². The molecular formula is C12H20N2O2. The SMILES string of the molecule is CN1CCC(N(C)CC2=CC(=O)OC2)CC1. The number of cyclic esters (lactones) is 1. The normalized spacial score (nSPS) is 23.7. The van der Waals surface area contributed by atoms with Crippen LogP contribution in [0.1, 0.15) is 12.8 Å². The number of piperidine rings is 1. The average Bonchev–Trinajstić information content (AvgIpc) is 2.65. The Bertz CT molecular complexity index is 293. The highest BCUT2D eigenvalue weighted by molar-refractivity contribution is 5.85. The van der Waals surface area contributed by atoms with Gasteiger partial charge < -0.3 is 9.64 Å². The zero-order valence-electron chi connectivity index (χ0n) is 10.1. The van der Waals surface area contributed by atoms with E-state index in [0.29, 0.717) is 12.6 Å². The minimum absolute atomic E-state index is 0.188. The molecule has 90 valence electrons. The van der Waals surface area contributed by atoms with Gasteiger partial charge in [0, 0.05) is 18.7 Å². The fourth-order valence-corrected chi connectivity index (χ4v) is 2.39. The van der Waals surface area contributed by atoms with Gasteiger partial charge in [-0.1, -0.05) is 0 Å². The summed E-state index contributed by atoms with van der Waals surface area (Å²) in [5.41, 5.74) is 1.10. The molecule has 0 N–H and O–H groups in total. The number of likely N-dealkylation sites (N-methyl/N-ethyl adjacent to an activating group) is 1. The molecule has 0 aliphatic carbocycles. The Hall–Kier alpha value is -0.870. The molecule has 4 heteroatoms. The zero-order valence-corrected chi connectivity index (χ0v) is 10.1. The number of hydrogen-bond acceptors (Lipinski definition) is 4. The first-order valence-electron chi connectivity index (χ1n) is 5.90. The van der Waals surface area contributed by atoms with Gasteiger partial charge in [0.1, 0.15) is 6.61 Å². The van der Waals surface area contributed by atoms with E-state index < -0.39 is 0 Å². The minimum Gasteiger partial charge on any atom is -0.458 e. The molecule has 2 rings (SSSR count). The predicted molar refractivity (Wildman–Crippen MR) is 62.2 cm³/mol. The molecule has 16 heavy (non-hydrogen) atoms. The van der Waals surface area contributed by atoms with Crippen LogP contribution in [0.25, 0.3) is 0 Å². The highest BCUT2D eigenvalue weighted by atomic mass is 16.5. The Labute approximate surface area is 96.8 Å². The van der Waals surface area contributed by atoms with Gasteiger partial charge in [-0.2, -0.15) is 0 Å². The van der Waals surface area contributed by atoms with Crippen LogP contribution in [0.3, 0.4) is 0 Å². The maximum Gasteiger partial charge on any atom is 0.331 e. The number of ether oxygens (including phenoxy) is 1. The van der Waals surface area contributed by atoms with E-state index in [1.165, 1.54) is 25.9 Å². The minimum atomic E-state index is -0.188. The van der Waals surface area contributed by atoms with Crippen molar-refractivity contribution in [1.29, 1.82) is 0 Å². The molecule has 2 aliphatic rings. The zero-order chi connectivity index (χ0) is 11.5. The molecule has 1 fully saturated rings. The van der Waals surface area contributed by atoms with Gasteiger partial charge in [-0.05, 0) is 45.6 Å². The van der Waals surface area contributed by atoms with Gasteiger partial charge in [0.2, 0.25) is 0 Å². The van der Waals surface area contributed by atoms with Gasteiger partial charge in [0.05, 0.1) is 0 Å². The number of rotatable bonds is 3. The van der Waals surface area contributed by atoms with E-state index in [-0.39, 0.29) is 5.97 Å². The molecule has 1 saturated heterocycles. The molecule has 2 aliphatic heterocycles. The molecule has 0 unspecified atom stereocenters. The Morgan fingerprint density at radius 3 is 2.75 bits per heavy atom. The number of esters is 1. The lowest BCUT2D eigenvalue weighted by molar-refractivity contribution is -0.134. The van der Waals surface area contributed by atoms with Crippen LogP contribution in [0.15, 0.2) is 11.6 Å². The quantitative estimate of drug-likeness (QED) is 0.653. The lowest BCUT2D eigenvalue weighted by Gasteiger charge is -2.35. The van der Waals surface area contributed by atoms with Gasteiger partial charge in [-0.25, -0.2) is 4.79 Å². The van der Waals surface area contributed by atoms with Crippen molar-refractivity contribution >= 4 is 5.97 Å². The third-order valence-corrected chi connectivity index (χ3v) is 3.49. The van der Waals surface area contributed by atoms with Gasteiger partial charge in [0.25, 0.3) is 0 Å². The number of carbonyl (C=O) groups excluding carboxylic acids is 1. The summed E-state index contributed by atoms with van der Waals surface area (Å²) < 4.78 is 4.90. The number of carbonyl (C=O) groups is 1. The molecular weight excluding hydrogens is 204 g/mol. The molecule has 0 aromatic heterocycles.